The second-order valence-corrected chi connectivity index (χ2v) is 19.0. The number of rotatable bonds is 13. The summed E-state index contributed by atoms with van der Waals surface area (Å²) in [5.74, 6) is -0.812. The highest BCUT2D eigenvalue weighted by molar-refractivity contribution is 6.91. The zero-order valence-electron chi connectivity index (χ0n) is 30.4. The van der Waals surface area contributed by atoms with Gasteiger partial charge in [0.05, 0.1) is 46.4 Å². The first-order valence-corrected chi connectivity index (χ1v) is 20.8. The fraction of sp³-hybridized carbons (Fsp3) is 0.400. The van der Waals surface area contributed by atoms with E-state index in [2.05, 4.69) is 31.8 Å². The van der Waals surface area contributed by atoms with Crippen molar-refractivity contribution in [3.05, 3.63) is 96.6 Å². The number of benzene rings is 3. The van der Waals surface area contributed by atoms with E-state index in [-0.39, 0.29) is 55.8 Å². The van der Waals surface area contributed by atoms with Crippen LogP contribution in [0.1, 0.15) is 37.8 Å². The monoisotopic (exact) mass is 725 g/mol. The number of ether oxygens (including phenoxy) is 3. The van der Waals surface area contributed by atoms with Crippen LogP contribution >= 0.6 is 0 Å². The van der Waals surface area contributed by atoms with Gasteiger partial charge in [-0.25, -0.2) is 0 Å². The number of esters is 1. The highest BCUT2D eigenvalue weighted by Crippen LogP contribution is 2.60. The Bertz CT molecular complexity index is 1850. The van der Waals surface area contributed by atoms with Crippen LogP contribution in [0.15, 0.2) is 85.5 Å². The first-order chi connectivity index (χ1) is 24.9. The van der Waals surface area contributed by atoms with Crippen LogP contribution < -0.4 is 19.7 Å². The predicted octanol–water partition coefficient (Wildman–Crippen LogP) is 4.48. The molecule has 0 saturated carbocycles. The molecule has 2 saturated heterocycles. The number of hydrogen-bond donors (Lipinski definition) is 1. The molecule has 3 heterocycles. The number of amides is 3. The van der Waals surface area contributed by atoms with Crippen molar-refractivity contribution in [2.45, 2.75) is 69.8 Å². The molecular weight excluding hydrogens is 679 g/mol. The minimum absolute atomic E-state index is 0.000919. The summed E-state index contributed by atoms with van der Waals surface area (Å²) in [6.45, 7) is 12.2. The van der Waals surface area contributed by atoms with E-state index < -0.39 is 37.9 Å². The Hall–Kier alpha value is -4.78. The number of aliphatic hydroxyl groups excluding tert-OH is 1. The highest BCUT2D eigenvalue weighted by atomic mass is 28.3. The Morgan fingerprint density at radius 3 is 2.42 bits per heavy atom. The van der Waals surface area contributed by atoms with E-state index in [0.29, 0.717) is 23.5 Å². The van der Waals surface area contributed by atoms with E-state index in [1.165, 1.54) is 11.8 Å². The second-order valence-electron chi connectivity index (χ2n) is 14.3. The normalized spacial score (nSPS) is 23.7. The second kappa shape index (κ2) is 14.7. The SMILES string of the molecule is C=CCN1C(=O)[C@]2(O[C@H](CC(=O)N(CCO)Cc3ccccc3)[C@@H]([Si](C)(C)c3ccc(OC)cc3)[C@@H]2C)c2cc(N3C(=O)CC3OC(C)=O)ccc21. The average Bonchev–Trinajstić information content (AvgIpc) is 3.54. The molecule has 3 aromatic carbocycles. The number of fused-ring (bicyclic) bond motifs is 2. The van der Waals surface area contributed by atoms with Gasteiger partial charge < -0.3 is 29.1 Å². The molecule has 0 aliphatic carbocycles. The van der Waals surface area contributed by atoms with Crippen molar-refractivity contribution in [1.29, 1.82) is 0 Å². The predicted molar refractivity (Wildman–Crippen MR) is 200 cm³/mol. The maximum absolute atomic E-state index is 14.9. The van der Waals surface area contributed by atoms with Crippen LogP contribution in [-0.2, 0) is 40.8 Å². The topological polar surface area (TPSA) is 126 Å². The molecule has 1 spiro atoms. The zero-order chi connectivity index (χ0) is 37.4. The first kappa shape index (κ1) is 37.0. The highest BCUT2D eigenvalue weighted by Gasteiger charge is 2.66. The lowest BCUT2D eigenvalue weighted by Gasteiger charge is -2.39. The molecule has 52 heavy (non-hydrogen) atoms. The molecule has 1 N–H and O–H groups in total. The lowest BCUT2D eigenvalue weighted by molar-refractivity contribution is -0.154. The van der Waals surface area contributed by atoms with Gasteiger partial charge in [0.1, 0.15) is 5.75 Å². The largest absolute Gasteiger partial charge is 0.497 e. The lowest BCUT2D eigenvalue weighted by Crippen LogP contribution is -2.55. The van der Waals surface area contributed by atoms with Crippen molar-refractivity contribution in [1.82, 2.24) is 4.90 Å². The summed E-state index contributed by atoms with van der Waals surface area (Å²) >= 11 is 0. The van der Waals surface area contributed by atoms with Crippen molar-refractivity contribution < 1.29 is 38.5 Å². The molecule has 6 rings (SSSR count). The van der Waals surface area contributed by atoms with Crippen LogP contribution in [0.2, 0.25) is 18.6 Å². The van der Waals surface area contributed by atoms with Crippen molar-refractivity contribution >= 4 is 48.3 Å². The Labute approximate surface area is 305 Å². The molecular formula is C40H47N3O8Si. The van der Waals surface area contributed by atoms with Crippen LogP contribution in [0.3, 0.4) is 0 Å². The van der Waals surface area contributed by atoms with Crippen LogP contribution in [0.5, 0.6) is 5.75 Å². The van der Waals surface area contributed by atoms with Gasteiger partial charge in [0.25, 0.3) is 5.91 Å². The van der Waals surface area contributed by atoms with Crippen molar-refractivity contribution in [3.8, 4) is 5.75 Å². The number of carbonyl (C=O) groups excluding carboxylic acids is 4. The van der Waals surface area contributed by atoms with E-state index in [0.717, 1.165) is 16.5 Å². The van der Waals surface area contributed by atoms with E-state index in [9.17, 15) is 24.3 Å². The molecule has 0 aromatic heterocycles. The molecule has 5 atom stereocenters. The third-order valence-electron chi connectivity index (χ3n) is 10.9. The quantitative estimate of drug-likeness (QED) is 0.118. The minimum Gasteiger partial charge on any atom is -0.497 e. The number of methoxy groups -OCH3 is 1. The van der Waals surface area contributed by atoms with E-state index >= 15 is 0 Å². The number of carbonyl (C=O) groups is 4. The van der Waals surface area contributed by atoms with Crippen LogP contribution in [-0.4, -0.2) is 80.9 Å². The smallest absolute Gasteiger partial charge is 0.304 e. The van der Waals surface area contributed by atoms with E-state index in [1.807, 2.05) is 49.4 Å². The molecule has 2 fully saturated rings. The van der Waals surface area contributed by atoms with Crippen molar-refractivity contribution in [2.75, 3.05) is 36.6 Å². The number of β-lactam (4-membered cyclic amide) rings is 1. The molecule has 1 unspecified atom stereocenters. The van der Waals surface area contributed by atoms with Gasteiger partial charge in [-0.1, -0.05) is 73.7 Å². The summed E-state index contributed by atoms with van der Waals surface area (Å²) in [5.41, 5.74) is 0.962. The standard InChI is InChI=1S/C40H47N3O8Si/c1-7-19-42-33-18-13-29(43-36(47)24-37(43)50-27(3)45)22-32(33)40(39(42)48)26(2)38(52(5,6)31-16-14-30(49-4)15-17-31)34(51-40)23-35(46)41(20-21-44)25-28-11-9-8-10-12-28/h7-18,22,26,34,37-38,44H,1,19-21,23-25H2,2-6H3/t26-,34+,37?,38-,40+/m0/s1. The van der Waals surface area contributed by atoms with Gasteiger partial charge in [0.15, 0.2) is 11.8 Å². The van der Waals surface area contributed by atoms with Gasteiger partial charge in [0, 0.05) is 43.7 Å². The van der Waals surface area contributed by atoms with Crippen LogP contribution in [0.4, 0.5) is 11.4 Å². The molecule has 0 bridgehead atoms. The Morgan fingerprint density at radius 1 is 1.10 bits per heavy atom. The third-order valence-corrected chi connectivity index (χ3v) is 15.3. The summed E-state index contributed by atoms with van der Waals surface area (Å²) in [4.78, 5) is 58.6. The minimum atomic E-state index is -2.57. The van der Waals surface area contributed by atoms with Gasteiger partial charge in [-0.05, 0) is 41.4 Å². The van der Waals surface area contributed by atoms with Crippen molar-refractivity contribution in [2.24, 2.45) is 5.92 Å². The number of anilines is 2. The van der Waals surface area contributed by atoms with Gasteiger partial charge in [-0.3, -0.25) is 24.1 Å². The average molecular weight is 726 g/mol. The van der Waals surface area contributed by atoms with Crippen LogP contribution in [0, 0.1) is 5.92 Å². The van der Waals surface area contributed by atoms with E-state index in [1.54, 1.807) is 41.2 Å². The molecule has 3 aliphatic heterocycles. The first-order valence-electron chi connectivity index (χ1n) is 17.7. The Morgan fingerprint density at radius 2 is 1.81 bits per heavy atom. The van der Waals surface area contributed by atoms with Crippen LogP contribution in [0.25, 0.3) is 0 Å². The number of hydrogen-bond acceptors (Lipinski definition) is 8. The Kier molecular flexibility index (Phi) is 10.4. The molecule has 3 aliphatic rings. The lowest BCUT2D eigenvalue weighted by atomic mass is 9.82. The van der Waals surface area contributed by atoms with Crippen molar-refractivity contribution in [3.63, 3.8) is 0 Å². The molecule has 274 valence electrons. The fourth-order valence-corrected chi connectivity index (χ4v) is 12.5. The number of aliphatic hydroxyl groups is 1. The number of nitrogens with zero attached hydrogens (tertiary/aromatic N) is 3. The zero-order valence-corrected chi connectivity index (χ0v) is 31.4. The third kappa shape index (κ3) is 6.43. The van der Waals surface area contributed by atoms with Gasteiger partial charge >= 0.3 is 5.97 Å². The molecule has 11 nitrogen and oxygen atoms in total. The van der Waals surface area contributed by atoms with Gasteiger partial charge in [-0.15, -0.1) is 6.58 Å². The molecule has 0 radical (unpaired) electrons. The fourth-order valence-electron chi connectivity index (χ4n) is 8.46. The Balaban J connectivity index is 1.45. The van der Waals surface area contributed by atoms with Gasteiger partial charge in [0.2, 0.25) is 11.8 Å². The molecule has 3 aromatic rings. The summed E-state index contributed by atoms with van der Waals surface area (Å²) < 4.78 is 18.0. The van der Waals surface area contributed by atoms with E-state index in [4.69, 9.17) is 14.2 Å². The maximum Gasteiger partial charge on any atom is 0.304 e. The maximum atomic E-state index is 14.9. The van der Waals surface area contributed by atoms with Gasteiger partial charge in [-0.2, -0.15) is 0 Å². The summed E-state index contributed by atoms with van der Waals surface area (Å²) in [5, 5.41) is 11.1. The summed E-state index contributed by atoms with van der Waals surface area (Å²) in [6, 6.07) is 23.0. The summed E-state index contributed by atoms with van der Waals surface area (Å²) in [6.07, 6.45) is 0.321. The summed E-state index contributed by atoms with van der Waals surface area (Å²) in [7, 11) is -0.949. The molecule has 3 amide bonds. The molecule has 12 heteroatoms.